The summed E-state index contributed by atoms with van der Waals surface area (Å²) in [5, 5.41) is 0. The Balaban J connectivity index is 2.73. The van der Waals surface area contributed by atoms with Crippen LogP contribution in [0.1, 0.15) is 0 Å². The van der Waals surface area contributed by atoms with Crippen LogP contribution in [0.25, 0.3) is 0 Å². The first-order chi connectivity index (χ1) is 6.94. The van der Waals surface area contributed by atoms with E-state index in [1.54, 1.807) is 0 Å². The quantitative estimate of drug-likeness (QED) is 0.648. The Morgan fingerprint density at radius 1 is 1.33 bits per heavy atom. The van der Waals surface area contributed by atoms with Crippen LogP contribution in [0.15, 0.2) is 6.07 Å². The van der Waals surface area contributed by atoms with Crippen molar-refractivity contribution in [3.05, 3.63) is 6.07 Å². The third kappa shape index (κ3) is 1.38. The molecule has 1 heterocycles. The molecule has 0 spiro atoms. The molecule has 0 amide bonds. The predicted octanol–water partition coefficient (Wildman–Crippen LogP) is -0.124. The largest absolute Gasteiger partial charge is 0.501 e. The van der Waals surface area contributed by atoms with E-state index in [0.29, 0.717) is 0 Å². The molecule has 15 heavy (non-hydrogen) atoms. The number of nitrogen functional groups attached to an aromatic ring is 2. The fraction of sp³-hybridized carbons (Fsp3) is 0.143. The number of hydrogen-bond acceptors (Lipinski definition) is 7. The molecule has 1 aromatic carbocycles. The van der Waals surface area contributed by atoms with E-state index in [-0.39, 0.29) is 28.6 Å². The van der Waals surface area contributed by atoms with Crippen LogP contribution < -0.4 is 24.6 Å². The second kappa shape index (κ2) is 2.83. The molecule has 7 nitrogen and oxygen atoms in total. The highest BCUT2D eigenvalue weighted by atomic mass is 32.3. The van der Waals surface area contributed by atoms with Crippen LogP contribution in [0.3, 0.4) is 0 Å². The van der Waals surface area contributed by atoms with Crippen LogP contribution in [0, 0.1) is 0 Å². The van der Waals surface area contributed by atoms with Crippen molar-refractivity contribution in [1.29, 1.82) is 0 Å². The Bertz CT molecular complexity index is 525. The zero-order chi connectivity index (χ0) is 11.2. The molecule has 0 fully saturated rings. The van der Waals surface area contributed by atoms with Gasteiger partial charge in [0.1, 0.15) is 5.69 Å². The van der Waals surface area contributed by atoms with Crippen LogP contribution in [-0.2, 0) is 10.4 Å². The normalized spacial score (nSPS) is 16.3. The zero-order valence-corrected chi connectivity index (χ0v) is 8.50. The van der Waals surface area contributed by atoms with Crippen LogP contribution >= 0.6 is 0 Å². The lowest BCUT2D eigenvalue weighted by Gasteiger charge is -2.21. The summed E-state index contributed by atoms with van der Waals surface area (Å²) in [5.74, 6) is -0.128. The van der Waals surface area contributed by atoms with Crippen molar-refractivity contribution in [2.24, 2.45) is 0 Å². The maximum atomic E-state index is 11.1. The average molecular weight is 232 g/mol. The van der Waals surface area contributed by atoms with E-state index in [0.717, 1.165) is 0 Å². The van der Waals surface area contributed by atoms with Gasteiger partial charge in [-0.2, -0.15) is 0 Å². The monoisotopic (exact) mass is 232 g/mol. The average Bonchev–Trinajstić information content (AvgIpc) is 2.10. The standard InChI is InChI=1S/C7H8N2O5S/c1-12-6-3(8)2-4-5(9)7(6)14-15(10,11)13-4/h2H,8-9H2,1H3. The maximum absolute atomic E-state index is 11.1. The van der Waals surface area contributed by atoms with Crippen molar-refractivity contribution < 1.29 is 21.5 Å². The first-order valence-electron chi connectivity index (χ1n) is 3.84. The number of fused-ring (bicyclic) bond motifs is 2. The molecule has 0 unspecified atom stereocenters. The third-order valence-electron chi connectivity index (χ3n) is 1.85. The highest BCUT2D eigenvalue weighted by Crippen LogP contribution is 2.48. The van der Waals surface area contributed by atoms with Gasteiger partial charge in [0.15, 0.2) is 11.5 Å². The number of nitrogens with two attached hydrogens (primary N) is 2. The van der Waals surface area contributed by atoms with Gasteiger partial charge in [-0.15, -0.1) is 8.42 Å². The molecule has 0 saturated carbocycles. The summed E-state index contributed by atoms with van der Waals surface area (Å²) in [6.07, 6.45) is 0. The van der Waals surface area contributed by atoms with Gasteiger partial charge in [0.2, 0.25) is 5.75 Å². The smallest absolute Gasteiger partial charge is 0.491 e. The van der Waals surface area contributed by atoms with Crippen molar-refractivity contribution in [1.82, 2.24) is 0 Å². The van der Waals surface area contributed by atoms with E-state index in [4.69, 9.17) is 16.2 Å². The third-order valence-corrected chi connectivity index (χ3v) is 2.60. The van der Waals surface area contributed by atoms with Crippen LogP contribution in [-0.4, -0.2) is 15.5 Å². The Kier molecular flexibility index (Phi) is 1.83. The topological polar surface area (TPSA) is 114 Å². The molecule has 1 aromatic rings. The summed E-state index contributed by atoms with van der Waals surface area (Å²) < 4.78 is 36.1. The van der Waals surface area contributed by atoms with Crippen LogP contribution in [0.2, 0.25) is 0 Å². The minimum atomic E-state index is -4.12. The lowest BCUT2D eigenvalue weighted by molar-refractivity contribution is 0.354. The Morgan fingerprint density at radius 2 is 2.00 bits per heavy atom. The van der Waals surface area contributed by atoms with Gasteiger partial charge in [-0.25, -0.2) is 0 Å². The Hall–Kier alpha value is -1.83. The minimum Gasteiger partial charge on any atom is -0.491 e. The molecule has 0 radical (unpaired) electrons. The zero-order valence-electron chi connectivity index (χ0n) is 7.68. The molecule has 1 aliphatic heterocycles. The lowest BCUT2D eigenvalue weighted by Crippen LogP contribution is -2.22. The molecule has 0 aromatic heterocycles. The van der Waals surface area contributed by atoms with Gasteiger partial charge in [0.25, 0.3) is 0 Å². The van der Waals surface area contributed by atoms with Crippen molar-refractivity contribution in [3.63, 3.8) is 0 Å². The van der Waals surface area contributed by atoms with Crippen molar-refractivity contribution in [2.75, 3.05) is 18.6 Å². The van der Waals surface area contributed by atoms with Crippen LogP contribution in [0.4, 0.5) is 11.4 Å². The molecular weight excluding hydrogens is 224 g/mol. The number of benzene rings is 1. The molecule has 0 atom stereocenters. The first kappa shape index (κ1) is 9.71. The number of ether oxygens (including phenoxy) is 1. The number of hydrogen-bond donors (Lipinski definition) is 2. The minimum absolute atomic E-state index is 0.0378. The van der Waals surface area contributed by atoms with E-state index in [1.807, 2.05) is 0 Å². The number of rotatable bonds is 1. The SMILES string of the molecule is COc1c(N)cc2c(N)c1OS(=O)(=O)O2. The second-order valence-electron chi connectivity index (χ2n) is 2.81. The van der Waals surface area contributed by atoms with Crippen molar-refractivity contribution in [2.45, 2.75) is 0 Å². The molecule has 1 aliphatic rings. The van der Waals surface area contributed by atoms with Gasteiger partial charge in [0.05, 0.1) is 12.8 Å². The van der Waals surface area contributed by atoms with E-state index in [9.17, 15) is 8.42 Å². The van der Waals surface area contributed by atoms with Crippen molar-refractivity contribution >= 4 is 21.8 Å². The number of methoxy groups -OCH3 is 1. The van der Waals surface area contributed by atoms with Gasteiger partial charge in [-0.05, 0) is 0 Å². The molecule has 0 aliphatic carbocycles. The van der Waals surface area contributed by atoms with E-state index >= 15 is 0 Å². The molecule has 0 saturated heterocycles. The highest BCUT2D eigenvalue weighted by Gasteiger charge is 2.31. The fourth-order valence-electron chi connectivity index (χ4n) is 1.24. The Labute approximate surface area is 85.9 Å². The summed E-state index contributed by atoms with van der Waals surface area (Å²) in [6, 6.07) is 1.26. The summed E-state index contributed by atoms with van der Waals surface area (Å²) in [5.41, 5.74) is 11.3. The van der Waals surface area contributed by atoms with Gasteiger partial charge in [-0.3, -0.25) is 0 Å². The lowest BCUT2D eigenvalue weighted by atomic mass is 10.2. The summed E-state index contributed by atoms with van der Waals surface area (Å²) in [6.45, 7) is 0. The fourth-order valence-corrected chi connectivity index (χ4v) is 2.00. The summed E-state index contributed by atoms with van der Waals surface area (Å²) in [7, 11) is -2.79. The highest BCUT2D eigenvalue weighted by molar-refractivity contribution is 7.82. The van der Waals surface area contributed by atoms with Crippen molar-refractivity contribution in [3.8, 4) is 17.2 Å². The molecule has 4 N–H and O–H groups in total. The molecular formula is C7H8N2O5S. The first-order valence-corrected chi connectivity index (χ1v) is 5.18. The molecule has 82 valence electrons. The van der Waals surface area contributed by atoms with Gasteiger partial charge < -0.3 is 24.6 Å². The predicted molar refractivity (Wildman–Crippen MR) is 52.0 cm³/mol. The van der Waals surface area contributed by atoms with E-state index in [1.165, 1.54) is 13.2 Å². The van der Waals surface area contributed by atoms with Gasteiger partial charge >= 0.3 is 10.4 Å². The maximum Gasteiger partial charge on any atom is 0.501 e. The summed E-state index contributed by atoms with van der Waals surface area (Å²) >= 11 is 0. The molecule has 2 rings (SSSR count). The van der Waals surface area contributed by atoms with Gasteiger partial charge in [0, 0.05) is 6.07 Å². The molecule has 8 heteroatoms. The van der Waals surface area contributed by atoms with E-state index < -0.39 is 10.4 Å². The van der Waals surface area contributed by atoms with E-state index in [2.05, 4.69) is 8.37 Å². The summed E-state index contributed by atoms with van der Waals surface area (Å²) in [4.78, 5) is 0. The number of anilines is 2. The Morgan fingerprint density at radius 3 is 2.60 bits per heavy atom. The van der Waals surface area contributed by atoms with Gasteiger partial charge in [-0.1, -0.05) is 0 Å². The molecule has 2 bridgehead atoms. The van der Waals surface area contributed by atoms with Crippen LogP contribution in [0.5, 0.6) is 17.2 Å². The second-order valence-corrected chi connectivity index (χ2v) is 3.96.